The summed E-state index contributed by atoms with van der Waals surface area (Å²) in [5.41, 5.74) is 0. The molecule has 7 heteroatoms. The van der Waals surface area contributed by atoms with Crippen LogP contribution in [0.15, 0.2) is 0 Å². The third-order valence-electron chi connectivity index (χ3n) is 3.73. The predicted molar refractivity (Wildman–Crippen MR) is 87.9 cm³/mol. The smallest absolute Gasteiger partial charge is 0.342 e. The Morgan fingerprint density at radius 3 is 1.82 bits per heavy atom. The molecule has 0 spiro atoms. The largest absolute Gasteiger partial charge is 0.480 e. The van der Waals surface area contributed by atoms with Crippen LogP contribution < -0.4 is 5.32 Å². The molecule has 0 aliphatic heterocycles. The maximum Gasteiger partial charge on any atom is 0.342 e. The second-order valence-corrected chi connectivity index (χ2v) is 7.65. The molecule has 0 rings (SSSR count). The van der Waals surface area contributed by atoms with Crippen molar-refractivity contribution in [3.8, 4) is 0 Å². The van der Waals surface area contributed by atoms with Gasteiger partial charge in [-0.1, -0.05) is 71.1 Å². The Bertz CT molecular complexity index is 332. The van der Waals surface area contributed by atoms with Gasteiger partial charge < -0.3 is 14.9 Å². The molecule has 0 aromatic heterocycles. The molecule has 1 atom stereocenters. The van der Waals surface area contributed by atoms with Gasteiger partial charge in [0.1, 0.15) is 5.78 Å². The minimum Gasteiger partial charge on any atom is -0.480 e. The minimum absolute atomic E-state index is 0.314. The van der Waals surface area contributed by atoms with Crippen LogP contribution >= 0.6 is 7.60 Å². The number of unbranched alkanes of at least 4 members (excludes halogenated alkanes) is 9. The van der Waals surface area contributed by atoms with Gasteiger partial charge in [0.05, 0.1) is 6.54 Å². The summed E-state index contributed by atoms with van der Waals surface area (Å²) in [6.07, 6.45) is 11.9. The molecule has 0 amide bonds. The Labute approximate surface area is 133 Å². The number of carboxylic acids is 1. The van der Waals surface area contributed by atoms with Gasteiger partial charge in [0.15, 0.2) is 0 Å². The van der Waals surface area contributed by atoms with E-state index in [4.69, 9.17) is 5.11 Å². The van der Waals surface area contributed by atoms with Gasteiger partial charge in [-0.15, -0.1) is 0 Å². The zero-order chi connectivity index (χ0) is 16.8. The van der Waals surface area contributed by atoms with Gasteiger partial charge in [-0.25, -0.2) is 0 Å². The van der Waals surface area contributed by atoms with E-state index in [1.807, 2.05) is 0 Å². The van der Waals surface area contributed by atoms with E-state index in [1.165, 1.54) is 38.5 Å². The zero-order valence-electron chi connectivity index (χ0n) is 13.7. The first kappa shape index (κ1) is 21.6. The summed E-state index contributed by atoms with van der Waals surface area (Å²) in [5, 5.41) is 11.0. The molecule has 6 nitrogen and oxygen atoms in total. The summed E-state index contributed by atoms with van der Waals surface area (Å²) in [4.78, 5) is 28.8. The molecule has 0 heterocycles. The summed E-state index contributed by atoms with van der Waals surface area (Å²) < 4.78 is 11.3. The monoisotopic (exact) mass is 337 g/mol. The van der Waals surface area contributed by atoms with Gasteiger partial charge >= 0.3 is 13.6 Å². The van der Waals surface area contributed by atoms with Gasteiger partial charge in [-0.05, 0) is 6.42 Å². The lowest BCUT2D eigenvalue weighted by atomic mass is 10.1. The lowest BCUT2D eigenvalue weighted by Crippen LogP contribution is -2.33. The second-order valence-electron chi connectivity index (χ2n) is 5.85. The first-order valence-corrected chi connectivity index (χ1v) is 10.1. The summed E-state index contributed by atoms with van der Waals surface area (Å²) in [5.74, 6) is -2.15. The second kappa shape index (κ2) is 13.1. The Kier molecular flexibility index (Phi) is 12.8. The molecule has 0 saturated carbocycles. The van der Waals surface area contributed by atoms with Crippen molar-refractivity contribution in [3.63, 3.8) is 0 Å². The number of aliphatic carboxylic acids is 1. The summed E-state index contributed by atoms with van der Waals surface area (Å²) in [6.45, 7) is 1.78. The van der Waals surface area contributed by atoms with Gasteiger partial charge in [0.2, 0.25) is 0 Å². The van der Waals surface area contributed by atoms with Crippen LogP contribution in [0.5, 0.6) is 0 Å². The summed E-state index contributed by atoms with van der Waals surface area (Å²) in [6, 6.07) is 0. The highest BCUT2D eigenvalue weighted by molar-refractivity contribution is 7.52. The summed E-state index contributed by atoms with van der Waals surface area (Å²) >= 11 is 0. The van der Waals surface area contributed by atoms with E-state index in [1.54, 1.807) is 0 Å². The number of hydrogen-bond donors (Lipinski definition) is 4. The molecule has 22 heavy (non-hydrogen) atoms. The van der Waals surface area contributed by atoms with E-state index in [2.05, 4.69) is 12.2 Å². The Balaban J connectivity index is 3.64. The number of hydrogen-bond acceptors (Lipinski definition) is 3. The third-order valence-corrected chi connectivity index (χ3v) is 4.98. The van der Waals surface area contributed by atoms with E-state index in [0.717, 1.165) is 19.3 Å². The molecule has 4 N–H and O–H groups in total. The quantitative estimate of drug-likeness (QED) is 0.269. The van der Waals surface area contributed by atoms with Crippen molar-refractivity contribution in [2.24, 2.45) is 0 Å². The molecule has 0 aliphatic carbocycles. The van der Waals surface area contributed by atoms with Crippen molar-refractivity contribution in [3.05, 3.63) is 0 Å². The molecule has 0 fully saturated rings. The minimum atomic E-state index is -4.28. The predicted octanol–water partition coefficient (Wildman–Crippen LogP) is 3.48. The first-order valence-electron chi connectivity index (χ1n) is 8.38. The fraction of sp³-hybridized carbons (Fsp3) is 0.933. The number of rotatable bonds is 15. The van der Waals surface area contributed by atoms with Crippen molar-refractivity contribution in [1.82, 2.24) is 5.32 Å². The highest BCUT2D eigenvalue weighted by Crippen LogP contribution is 2.42. The lowest BCUT2D eigenvalue weighted by Gasteiger charge is -2.18. The highest BCUT2D eigenvalue weighted by atomic mass is 31.2. The van der Waals surface area contributed by atoms with Crippen LogP contribution in [0.1, 0.15) is 77.6 Å². The Morgan fingerprint density at radius 1 is 0.955 bits per heavy atom. The van der Waals surface area contributed by atoms with Gasteiger partial charge in [0.25, 0.3) is 0 Å². The van der Waals surface area contributed by atoms with Crippen LogP contribution in [0.25, 0.3) is 0 Å². The van der Waals surface area contributed by atoms with Gasteiger partial charge in [-0.3, -0.25) is 14.7 Å². The maximum absolute atomic E-state index is 11.3. The Hall–Kier alpha value is -0.420. The number of carbonyl (C=O) groups is 1. The van der Waals surface area contributed by atoms with Gasteiger partial charge in [-0.2, -0.15) is 0 Å². The van der Waals surface area contributed by atoms with Crippen molar-refractivity contribution < 1.29 is 24.3 Å². The number of carboxylic acid groups (broad SMARTS) is 1. The van der Waals surface area contributed by atoms with Crippen molar-refractivity contribution in [2.75, 3.05) is 6.54 Å². The number of nitrogens with one attached hydrogen (secondary N) is 1. The van der Waals surface area contributed by atoms with Gasteiger partial charge in [0, 0.05) is 0 Å². The molecule has 0 radical (unpaired) electrons. The van der Waals surface area contributed by atoms with Crippen molar-refractivity contribution in [2.45, 2.75) is 83.3 Å². The molecule has 0 aromatic rings. The van der Waals surface area contributed by atoms with E-state index in [-0.39, 0.29) is 0 Å². The topological polar surface area (TPSA) is 107 Å². The average Bonchev–Trinajstić information content (AvgIpc) is 2.42. The molecule has 0 bridgehead atoms. The fourth-order valence-corrected chi connectivity index (χ4v) is 3.27. The molecule has 0 aromatic carbocycles. The standard InChI is InChI=1S/C15H32NO5P/c1-2-3-4-5-6-7-8-9-10-11-12-14(22(19,20)21)16-13-15(17)18/h14,16H,2-13H2,1H3,(H,17,18)(H2,19,20,21). The normalized spacial score (nSPS) is 13.2. The fourth-order valence-electron chi connectivity index (χ4n) is 2.42. The lowest BCUT2D eigenvalue weighted by molar-refractivity contribution is -0.136. The first-order chi connectivity index (χ1) is 10.4. The van der Waals surface area contributed by atoms with E-state index >= 15 is 0 Å². The van der Waals surface area contributed by atoms with Crippen LogP contribution in [0.3, 0.4) is 0 Å². The van der Waals surface area contributed by atoms with Crippen LogP contribution in [0.4, 0.5) is 0 Å². The molecule has 0 saturated heterocycles. The SMILES string of the molecule is CCCCCCCCCCCCC(NCC(=O)O)P(=O)(O)O. The van der Waals surface area contributed by atoms with Crippen molar-refractivity contribution in [1.29, 1.82) is 0 Å². The third kappa shape index (κ3) is 13.3. The van der Waals surface area contributed by atoms with E-state index < -0.39 is 25.9 Å². The molecular formula is C15H32NO5P. The van der Waals surface area contributed by atoms with Crippen LogP contribution in [-0.4, -0.2) is 33.2 Å². The zero-order valence-corrected chi connectivity index (χ0v) is 14.6. The average molecular weight is 337 g/mol. The molecule has 132 valence electrons. The molecular weight excluding hydrogens is 305 g/mol. The van der Waals surface area contributed by atoms with Crippen LogP contribution in [-0.2, 0) is 9.36 Å². The van der Waals surface area contributed by atoms with Crippen molar-refractivity contribution >= 4 is 13.6 Å². The molecule has 1 unspecified atom stereocenters. The summed E-state index contributed by atoms with van der Waals surface area (Å²) in [7, 11) is -4.28. The van der Waals surface area contributed by atoms with E-state index in [0.29, 0.717) is 12.8 Å². The highest BCUT2D eigenvalue weighted by Gasteiger charge is 2.28. The molecule has 0 aliphatic rings. The maximum atomic E-state index is 11.3. The van der Waals surface area contributed by atoms with Crippen LogP contribution in [0.2, 0.25) is 0 Å². The Morgan fingerprint density at radius 2 is 1.41 bits per heavy atom. The van der Waals surface area contributed by atoms with E-state index in [9.17, 15) is 19.1 Å². The van der Waals surface area contributed by atoms with Crippen LogP contribution in [0, 0.1) is 0 Å².